The SMILES string of the molecule is CC(C)(C#N)CCCOc1cncc(C(=O)O)c1. The molecule has 0 saturated carbocycles. The number of nitrogens with zero attached hydrogens (tertiary/aromatic N) is 2. The van der Waals surface area contributed by atoms with E-state index in [2.05, 4.69) is 11.1 Å². The summed E-state index contributed by atoms with van der Waals surface area (Å²) in [5, 5.41) is 17.6. The predicted octanol–water partition coefficient (Wildman–Crippen LogP) is 2.49. The van der Waals surface area contributed by atoms with Crippen molar-refractivity contribution in [2.75, 3.05) is 6.61 Å². The summed E-state index contributed by atoms with van der Waals surface area (Å²) in [5.74, 6) is -0.594. The summed E-state index contributed by atoms with van der Waals surface area (Å²) in [6, 6.07) is 3.65. The van der Waals surface area contributed by atoms with Gasteiger partial charge in [-0.05, 0) is 32.8 Å². The summed E-state index contributed by atoms with van der Waals surface area (Å²) in [6.45, 7) is 4.19. The molecular weight excluding hydrogens is 232 g/mol. The number of ether oxygens (including phenoxy) is 1. The quantitative estimate of drug-likeness (QED) is 0.782. The van der Waals surface area contributed by atoms with Crippen LogP contribution < -0.4 is 4.74 Å². The van der Waals surface area contributed by atoms with E-state index in [1.54, 1.807) is 0 Å². The summed E-state index contributed by atoms with van der Waals surface area (Å²) < 4.78 is 5.40. The highest BCUT2D eigenvalue weighted by Gasteiger charge is 2.15. The third-order valence-corrected chi connectivity index (χ3v) is 2.48. The van der Waals surface area contributed by atoms with Gasteiger partial charge in [-0.2, -0.15) is 5.26 Å². The molecule has 0 radical (unpaired) electrons. The van der Waals surface area contributed by atoms with Gasteiger partial charge >= 0.3 is 5.97 Å². The number of aromatic nitrogens is 1. The zero-order chi connectivity index (χ0) is 13.6. The molecule has 1 heterocycles. The molecule has 1 rings (SSSR count). The zero-order valence-corrected chi connectivity index (χ0v) is 10.5. The summed E-state index contributed by atoms with van der Waals surface area (Å²) >= 11 is 0. The van der Waals surface area contributed by atoms with Crippen LogP contribution >= 0.6 is 0 Å². The Bertz CT molecular complexity index is 464. The fraction of sp³-hybridized carbons (Fsp3) is 0.462. The molecule has 1 N–H and O–H groups in total. The standard InChI is InChI=1S/C13H16N2O3/c1-13(2,9-14)4-3-5-18-11-6-10(12(16)17)7-15-8-11/h6-8H,3-5H2,1-2H3,(H,16,17). The highest BCUT2D eigenvalue weighted by atomic mass is 16.5. The monoisotopic (exact) mass is 248 g/mol. The second-order valence-electron chi connectivity index (χ2n) is 4.66. The maximum Gasteiger partial charge on any atom is 0.337 e. The number of aromatic carboxylic acids is 1. The van der Waals surface area contributed by atoms with Gasteiger partial charge < -0.3 is 9.84 Å². The van der Waals surface area contributed by atoms with Crippen LogP contribution in [0.15, 0.2) is 18.5 Å². The Balaban J connectivity index is 2.43. The Morgan fingerprint density at radius 1 is 1.56 bits per heavy atom. The predicted molar refractivity (Wildman–Crippen MR) is 65.3 cm³/mol. The minimum atomic E-state index is -1.03. The fourth-order valence-electron chi connectivity index (χ4n) is 1.37. The van der Waals surface area contributed by atoms with Crippen LogP contribution in [-0.4, -0.2) is 22.7 Å². The van der Waals surface area contributed by atoms with Crippen molar-refractivity contribution >= 4 is 5.97 Å². The number of carboxylic acid groups (broad SMARTS) is 1. The molecular formula is C13H16N2O3. The van der Waals surface area contributed by atoms with Crippen molar-refractivity contribution in [1.82, 2.24) is 4.98 Å². The minimum Gasteiger partial charge on any atom is -0.492 e. The molecule has 0 fully saturated rings. The van der Waals surface area contributed by atoms with E-state index in [4.69, 9.17) is 15.1 Å². The first kappa shape index (κ1) is 14.0. The van der Waals surface area contributed by atoms with Crippen LogP contribution in [0.1, 0.15) is 37.0 Å². The Labute approximate surface area is 106 Å². The first-order chi connectivity index (χ1) is 8.44. The van der Waals surface area contributed by atoms with Crippen LogP contribution in [0.5, 0.6) is 5.75 Å². The molecule has 0 aliphatic heterocycles. The molecule has 0 bridgehead atoms. The molecule has 0 spiro atoms. The lowest BCUT2D eigenvalue weighted by atomic mass is 9.90. The van der Waals surface area contributed by atoms with Crippen molar-refractivity contribution in [3.8, 4) is 11.8 Å². The summed E-state index contributed by atoms with van der Waals surface area (Å²) in [6.07, 6.45) is 4.21. The van der Waals surface area contributed by atoms with Gasteiger partial charge in [-0.25, -0.2) is 4.79 Å². The average molecular weight is 248 g/mol. The van der Waals surface area contributed by atoms with Gasteiger partial charge in [-0.3, -0.25) is 4.98 Å². The number of carboxylic acids is 1. The molecule has 0 aliphatic carbocycles. The molecule has 1 aromatic heterocycles. The third-order valence-electron chi connectivity index (χ3n) is 2.48. The van der Waals surface area contributed by atoms with Crippen LogP contribution in [0, 0.1) is 16.7 Å². The zero-order valence-electron chi connectivity index (χ0n) is 10.5. The Morgan fingerprint density at radius 2 is 2.28 bits per heavy atom. The summed E-state index contributed by atoms with van der Waals surface area (Å²) in [5.41, 5.74) is -0.255. The van der Waals surface area contributed by atoms with Crippen LogP contribution in [-0.2, 0) is 0 Å². The first-order valence-electron chi connectivity index (χ1n) is 5.67. The molecule has 5 heteroatoms. The molecule has 5 nitrogen and oxygen atoms in total. The van der Waals surface area contributed by atoms with Crippen molar-refractivity contribution in [3.63, 3.8) is 0 Å². The van der Waals surface area contributed by atoms with Crippen LogP contribution in [0.3, 0.4) is 0 Å². The number of hydrogen-bond donors (Lipinski definition) is 1. The number of nitriles is 1. The van der Waals surface area contributed by atoms with E-state index in [1.165, 1.54) is 18.5 Å². The lowest BCUT2D eigenvalue weighted by molar-refractivity contribution is 0.0696. The van der Waals surface area contributed by atoms with Gasteiger partial charge in [-0.15, -0.1) is 0 Å². The van der Waals surface area contributed by atoms with E-state index in [-0.39, 0.29) is 11.0 Å². The molecule has 1 aromatic rings. The van der Waals surface area contributed by atoms with E-state index in [0.717, 1.165) is 12.8 Å². The van der Waals surface area contributed by atoms with E-state index in [1.807, 2.05) is 13.8 Å². The van der Waals surface area contributed by atoms with Gasteiger partial charge in [0.2, 0.25) is 0 Å². The second kappa shape index (κ2) is 6.01. The molecule has 18 heavy (non-hydrogen) atoms. The number of carbonyl (C=O) groups is 1. The number of pyridine rings is 1. The second-order valence-corrected chi connectivity index (χ2v) is 4.66. The van der Waals surface area contributed by atoms with Gasteiger partial charge in [0, 0.05) is 6.20 Å². The van der Waals surface area contributed by atoms with E-state index in [9.17, 15) is 4.79 Å². The average Bonchev–Trinajstić information content (AvgIpc) is 2.35. The molecule has 0 aliphatic rings. The molecule has 0 amide bonds. The maximum absolute atomic E-state index is 10.7. The van der Waals surface area contributed by atoms with E-state index in [0.29, 0.717) is 12.4 Å². The van der Waals surface area contributed by atoms with Gasteiger partial charge in [0.1, 0.15) is 5.75 Å². The van der Waals surface area contributed by atoms with E-state index < -0.39 is 5.97 Å². The van der Waals surface area contributed by atoms with E-state index >= 15 is 0 Å². The molecule has 0 atom stereocenters. The fourth-order valence-corrected chi connectivity index (χ4v) is 1.37. The molecule has 0 aromatic carbocycles. The number of rotatable bonds is 6. The Kier molecular flexibility index (Phi) is 4.67. The van der Waals surface area contributed by atoms with Crippen molar-refractivity contribution < 1.29 is 14.6 Å². The Hall–Kier alpha value is -2.09. The van der Waals surface area contributed by atoms with Crippen LogP contribution in [0.2, 0.25) is 0 Å². The van der Waals surface area contributed by atoms with Crippen LogP contribution in [0.25, 0.3) is 0 Å². The first-order valence-corrected chi connectivity index (χ1v) is 5.67. The van der Waals surface area contributed by atoms with Crippen molar-refractivity contribution in [3.05, 3.63) is 24.0 Å². The largest absolute Gasteiger partial charge is 0.492 e. The van der Waals surface area contributed by atoms with Gasteiger partial charge in [0.05, 0.1) is 29.9 Å². The van der Waals surface area contributed by atoms with Crippen molar-refractivity contribution in [2.45, 2.75) is 26.7 Å². The van der Waals surface area contributed by atoms with Crippen molar-refractivity contribution in [1.29, 1.82) is 5.26 Å². The lowest BCUT2D eigenvalue weighted by Gasteiger charge is -2.14. The Morgan fingerprint density at radius 3 is 2.89 bits per heavy atom. The van der Waals surface area contributed by atoms with Gasteiger partial charge in [0.15, 0.2) is 0 Å². The topological polar surface area (TPSA) is 83.2 Å². The third kappa shape index (κ3) is 4.42. The van der Waals surface area contributed by atoms with Crippen molar-refractivity contribution in [2.24, 2.45) is 5.41 Å². The van der Waals surface area contributed by atoms with Crippen LogP contribution in [0.4, 0.5) is 0 Å². The normalized spacial score (nSPS) is 10.7. The van der Waals surface area contributed by atoms with Gasteiger partial charge in [-0.1, -0.05) is 0 Å². The highest BCUT2D eigenvalue weighted by molar-refractivity contribution is 5.87. The summed E-state index contributed by atoms with van der Waals surface area (Å²) in [4.78, 5) is 14.5. The number of hydrogen-bond acceptors (Lipinski definition) is 4. The van der Waals surface area contributed by atoms with Gasteiger partial charge in [0.25, 0.3) is 0 Å². The highest BCUT2D eigenvalue weighted by Crippen LogP contribution is 2.21. The minimum absolute atomic E-state index is 0.102. The maximum atomic E-state index is 10.7. The lowest BCUT2D eigenvalue weighted by Crippen LogP contribution is -2.10. The smallest absolute Gasteiger partial charge is 0.337 e. The molecule has 96 valence electrons. The molecule has 0 saturated heterocycles. The summed E-state index contributed by atoms with van der Waals surface area (Å²) in [7, 11) is 0. The molecule has 0 unspecified atom stereocenters.